The second kappa shape index (κ2) is 11.1. The van der Waals surface area contributed by atoms with E-state index in [2.05, 4.69) is 10.3 Å². The Morgan fingerprint density at radius 2 is 1.98 bits per heavy atom. The van der Waals surface area contributed by atoms with Crippen molar-refractivity contribution in [2.75, 3.05) is 24.7 Å². The van der Waals surface area contributed by atoms with E-state index < -0.39 is 45.2 Å². The van der Waals surface area contributed by atoms with Gasteiger partial charge in [0.25, 0.3) is 5.91 Å². The molecule has 1 aromatic carbocycles. The zero-order chi connectivity index (χ0) is 29.0. The van der Waals surface area contributed by atoms with Crippen LogP contribution in [0.2, 0.25) is 0 Å². The smallest absolute Gasteiger partial charge is 0.251 e. The fourth-order valence-corrected chi connectivity index (χ4v) is 6.47. The van der Waals surface area contributed by atoms with Gasteiger partial charge < -0.3 is 19.7 Å². The van der Waals surface area contributed by atoms with Crippen molar-refractivity contribution < 1.29 is 37.6 Å². The number of aromatic nitrogens is 3. The quantitative estimate of drug-likeness (QED) is 0.346. The molecule has 1 fully saturated rings. The minimum absolute atomic E-state index is 0. The Kier molecular flexibility index (Phi) is 7.42. The average molecular weight is 616 g/mol. The number of fused-ring (bicyclic) bond motifs is 3. The third kappa shape index (κ3) is 5.36. The van der Waals surface area contributed by atoms with Crippen LogP contribution in [0.1, 0.15) is 47.5 Å². The Bertz CT molecular complexity index is 1860. The van der Waals surface area contributed by atoms with E-state index in [1.165, 1.54) is 0 Å². The van der Waals surface area contributed by atoms with Crippen LogP contribution in [-0.4, -0.2) is 54.5 Å². The van der Waals surface area contributed by atoms with Gasteiger partial charge in [0.1, 0.15) is 18.2 Å². The summed E-state index contributed by atoms with van der Waals surface area (Å²) in [5.41, 5.74) is -0.720. The summed E-state index contributed by atoms with van der Waals surface area (Å²) in [6.45, 7) is -0.0744. The summed E-state index contributed by atoms with van der Waals surface area (Å²) in [7, 11) is -4.51. The van der Waals surface area contributed by atoms with E-state index in [9.17, 15) is 22.0 Å². The van der Waals surface area contributed by atoms with Crippen LogP contribution in [0.25, 0.3) is 10.9 Å². The van der Waals surface area contributed by atoms with E-state index in [0.717, 1.165) is 41.9 Å². The molecule has 1 atom stereocenters. The molecule has 5 heterocycles. The number of anilines is 2. The standard InChI is InChI=1S/C29H25F2N5O5S.FH.H2/c30-21-9-18(10-25-20(21)14-40-15-26(31)42(25,38)39)29(37)33-13-19-11-23-17(12-32-19)3-6-27(34-23)36-7-8-41-24-5-4-22(16-1-2-16)35-28(24)36;;/h3-6,9-12,16,26H,1-2,7-8,13-15H2,(H,33,37);2*1H/t26-;;/m1../s1. The molecule has 3 aromatic heterocycles. The van der Waals surface area contributed by atoms with Crippen molar-refractivity contribution in [1.82, 2.24) is 20.3 Å². The normalized spacial score (nSPS) is 18.9. The van der Waals surface area contributed by atoms with Crippen molar-refractivity contribution in [3.05, 3.63) is 77.0 Å². The SMILES string of the molecule is F.O=C(NCc1cc2nc(N3CCOc4ccc(C5CC5)nc43)ccc2cn1)c1cc(F)c2c(c1)S(=O)(=O)[C@@H](F)COC2.[HH]. The monoisotopic (exact) mass is 615 g/mol. The maximum absolute atomic E-state index is 14.7. The number of sulfone groups is 1. The molecule has 0 radical (unpaired) electrons. The van der Waals surface area contributed by atoms with Gasteiger partial charge in [0.2, 0.25) is 15.3 Å². The summed E-state index contributed by atoms with van der Waals surface area (Å²) < 4.78 is 64.8. The number of halogens is 3. The number of hydrogen-bond acceptors (Lipinski definition) is 9. The third-order valence-electron chi connectivity index (χ3n) is 7.56. The molecule has 226 valence electrons. The molecule has 4 aromatic rings. The minimum atomic E-state index is -4.51. The van der Waals surface area contributed by atoms with Crippen molar-refractivity contribution in [3.63, 3.8) is 0 Å². The molecule has 0 saturated heterocycles. The molecule has 10 nitrogen and oxygen atoms in total. The molecule has 3 aliphatic rings. The molecule has 43 heavy (non-hydrogen) atoms. The van der Waals surface area contributed by atoms with E-state index in [1.54, 1.807) is 12.3 Å². The van der Waals surface area contributed by atoms with Gasteiger partial charge in [-0.15, -0.1) is 0 Å². The lowest BCUT2D eigenvalue weighted by molar-refractivity contribution is 0.0938. The van der Waals surface area contributed by atoms with Gasteiger partial charge in [-0.1, -0.05) is 0 Å². The first-order chi connectivity index (χ1) is 20.3. The van der Waals surface area contributed by atoms with Crippen LogP contribution in [0, 0.1) is 5.82 Å². The number of benzene rings is 1. The summed E-state index contributed by atoms with van der Waals surface area (Å²) >= 11 is 0. The van der Waals surface area contributed by atoms with Gasteiger partial charge in [0.15, 0.2) is 11.6 Å². The zero-order valence-electron chi connectivity index (χ0n) is 22.6. The molecule has 1 saturated carbocycles. The Morgan fingerprint density at radius 3 is 2.79 bits per heavy atom. The Morgan fingerprint density at radius 1 is 1.14 bits per heavy atom. The summed E-state index contributed by atoms with van der Waals surface area (Å²) in [5, 5.41) is 3.42. The minimum Gasteiger partial charge on any atom is -0.488 e. The van der Waals surface area contributed by atoms with Crippen LogP contribution < -0.4 is 15.0 Å². The topological polar surface area (TPSA) is 124 Å². The van der Waals surface area contributed by atoms with Crippen LogP contribution >= 0.6 is 0 Å². The molecule has 1 amide bonds. The maximum atomic E-state index is 14.7. The summed E-state index contributed by atoms with van der Waals surface area (Å²) in [4.78, 5) is 28.4. The highest BCUT2D eigenvalue weighted by Crippen LogP contribution is 2.42. The predicted molar refractivity (Wildman–Crippen MR) is 152 cm³/mol. The number of hydrogen-bond donors (Lipinski definition) is 1. The largest absolute Gasteiger partial charge is 0.488 e. The number of alkyl halides is 1. The summed E-state index contributed by atoms with van der Waals surface area (Å²) in [5.74, 6) is 0.944. The van der Waals surface area contributed by atoms with Crippen LogP contribution in [0.3, 0.4) is 0 Å². The van der Waals surface area contributed by atoms with Gasteiger partial charge in [0, 0.05) is 35.7 Å². The highest BCUT2D eigenvalue weighted by atomic mass is 32.2. The Hall–Kier alpha value is -4.30. The number of pyridine rings is 3. The van der Waals surface area contributed by atoms with Crippen LogP contribution in [0.15, 0.2) is 53.6 Å². The van der Waals surface area contributed by atoms with Gasteiger partial charge in [0.05, 0.1) is 42.4 Å². The number of nitrogens with zero attached hydrogens (tertiary/aromatic N) is 4. The number of rotatable bonds is 5. The van der Waals surface area contributed by atoms with Crippen molar-refractivity contribution in [2.24, 2.45) is 0 Å². The molecule has 0 bridgehead atoms. The van der Waals surface area contributed by atoms with Gasteiger partial charge in [-0.3, -0.25) is 14.5 Å². The molecular weight excluding hydrogens is 587 g/mol. The summed E-state index contributed by atoms with van der Waals surface area (Å²) in [6, 6.07) is 11.4. The van der Waals surface area contributed by atoms with Crippen molar-refractivity contribution in [1.29, 1.82) is 0 Å². The summed E-state index contributed by atoms with van der Waals surface area (Å²) in [6.07, 6.45) is 3.92. The van der Waals surface area contributed by atoms with Crippen molar-refractivity contribution in [3.8, 4) is 5.75 Å². The first-order valence-electron chi connectivity index (χ1n) is 13.5. The van der Waals surface area contributed by atoms with Crippen LogP contribution in [0.4, 0.5) is 25.1 Å². The first kappa shape index (κ1) is 28.8. The van der Waals surface area contributed by atoms with E-state index in [0.29, 0.717) is 41.8 Å². The molecule has 14 heteroatoms. The van der Waals surface area contributed by atoms with E-state index in [4.69, 9.17) is 19.4 Å². The van der Waals surface area contributed by atoms with E-state index >= 15 is 0 Å². The molecule has 7 rings (SSSR count). The van der Waals surface area contributed by atoms with Crippen molar-refractivity contribution >= 4 is 38.3 Å². The maximum Gasteiger partial charge on any atom is 0.251 e. The Labute approximate surface area is 245 Å². The highest BCUT2D eigenvalue weighted by Gasteiger charge is 2.35. The van der Waals surface area contributed by atoms with Crippen LogP contribution in [-0.2, 0) is 27.7 Å². The van der Waals surface area contributed by atoms with Gasteiger partial charge in [-0.25, -0.2) is 27.2 Å². The highest BCUT2D eigenvalue weighted by molar-refractivity contribution is 7.92. The zero-order valence-corrected chi connectivity index (χ0v) is 23.4. The van der Waals surface area contributed by atoms with E-state index in [-0.39, 0.29) is 23.8 Å². The number of ether oxygens (including phenoxy) is 2. The first-order valence-corrected chi connectivity index (χ1v) is 15.1. The fourth-order valence-electron chi connectivity index (χ4n) is 5.12. The molecule has 0 spiro atoms. The van der Waals surface area contributed by atoms with Gasteiger partial charge in [-0.05, 0) is 55.3 Å². The second-order valence-electron chi connectivity index (χ2n) is 10.5. The number of amides is 1. The van der Waals surface area contributed by atoms with E-state index in [1.807, 2.05) is 29.2 Å². The average Bonchev–Trinajstić information content (AvgIpc) is 3.85. The second-order valence-corrected chi connectivity index (χ2v) is 12.5. The number of carbonyl (C=O) groups excluding carboxylic acids is 1. The molecular formula is C29H28F3N5O5S. The fraction of sp³-hybridized carbons (Fsp3) is 0.310. The van der Waals surface area contributed by atoms with Crippen molar-refractivity contribution in [2.45, 2.75) is 42.3 Å². The lowest BCUT2D eigenvalue weighted by Gasteiger charge is -2.29. The predicted octanol–water partition coefficient (Wildman–Crippen LogP) is 4.50. The lowest BCUT2D eigenvalue weighted by Crippen LogP contribution is -2.30. The molecule has 1 aliphatic carbocycles. The third-order valence-corrected chi connectivity index (χ3v) is 9.35. The Balaban J connectivity index is 0.00000192. The van der Waals surface area contributed by atoms with Gasteiger partial charge >= 0.3 is 0 Å². The van der Waals surface area contributed by atoms with Crippen LogP contribution in [0.5, 0.6) is 5.75 Å². The molecule has 0 unspecified atom stereocenters. The van der Waals surface area contributed by atoms with Gasteiger partial charge in [-0.2, -0.15) is 0 Å². The number of carbonyl (C=O) groups is 1. The molecule has 2 aliphatic heterocycles. The molecule has 1 N–H and O–H groups in total. The lowest BCUT2D eigenvalue weighted by atomic mass is 10.1. The number of nitrogens with one attached hydrogen (secondary N) is 1.